The molecule has 0 saturated heterocycles. The second-order valence-electron chi connectivity index (χ2n) is 3.61. The number of ether oxygens (including phenoxy) is 1. The van der Waals surface area contributed by atoms with Crippen molar-refractivity contribution in [3.05, 3.63) is 18.6 Å². The van der Waals surface area contributed by atoms with Crippen LogP contribution in [-0.4, -0.2) is 40.9 Å². The highest BCUT2D eigenvalue weighted by molar-refractivity contribution is 7.99. The molecule has 0 amide bonds. The number of nitrogens with zero attached hydrogens (tertiary/aromatic N) is 2. The van der Waals surface area contributed by atoms with Gasteiger partial charge in [0.05, 0.1) is 12.8 Å². The second-order valence-corrected chi connectivity index (χ2v) is 4.65. The second kappa shape index (κ2) is 8.88. The fourth-order valence-corrected chi connectivity index (χ4v) is 2.16. The van der Waals surface area contributed by atoms with Crippen LogP contribution in [0.3, 0.4) is 0 Å². The molecule has 1 unspecified atom stereocenters. The zero-order valence-corrected chi connectivity index (χ0v) is 11.6. The molecule has 0 aliphatic carbocycles. The van der Waals surface area contributed by atoms with Crippen LogP contribution in [0.1, 0.15) is 20.3 Å². The number of carbonyl (C=O) groups excluding carboxylic acids is 1. The molecule has 18 heavy (non-hydrogen) atoms. The van der Waals surface area contributed by atoms with Crippen molar-refractivity contribution >= 4 is 17.7 Å². The molecular weight excluding hydrogens is 250 g/mol. The van der Waals surface area contributed by atoms with Crippen LogP contribution in [0.25, 0.3) is 0 Å². The molecule has 6 heteroatoms. The van der Waals surface area contributed by atoms with Gasteiger partial charge in [-0.15, -0.1) is 11.8 Å². The van der Waals surface area contributed by atoms with E-state index in [1.807, 2.05) is 6.92 Å². The summed E-state index contributed by atoms with van der Waals surface area (Å²) in [5, 5.41) is 3.99. The van der Waals surface area contributed by atoms with Crippen LogP contribution >= 0.6 is 11.8 Å². The Kier molecular flexibility index (Phi) is 7.36. The van der Waals surface area contributed by atoms with Crippen LogP contribution in [0.2, 0.25) is 0 Å². The van der Waals surface area contributed by atoms with Crippen molar-refractivity contribution in [2.24, 2.45) is 0 Å². The van der Waals surface area contributed by atoms with Gasteiger partial charge < -0.3 is 10.1 Å². The van der Waals surface area contributed by atoms with Crippen molar-refractivity contribution in [3.8, 4) is 0 Å². The number of carbonyl (C=O) groups is 1. The van der Waals surface area contributed by atoms with E-state index in [0.717, 1.165) is 18.0 Å². The van der Waals surface area contributed by atoms with E-state index in [-0.39, 0.29) is 12.0 Å². The van der Waals surface area contributed by atoms with E-state index in [4.69, 9.17) is 4.74 Å². The lowest BCUT2D eigenvalue weighted by Gasteiger charge is -2.16. The average Bonchev–Trinajstić information content (AvgIpc) is 2.40. The molecule has 0 aliphatic rings. The Balaban J connectivity index is 2.47. The number of aromatic nitrogens is 2. The Labute approximate surface area is 112 Å². The molecule has 0 fully saturated rings. The first kappa shape index (κ1) is 14.9. The van der Waals surface area contributed by atoms with E-state index in [0.29, 0.717) is 12.4 Å². The van der Waals surface area contributed by atoms with E-state index >= 15 is 0 Å². The van der Waals surface area contributed by atoms with Gasteiger partial charge in [0.15, 0.2) is 0 Å². The fraction of sp³-hybridized carbons (Fsp3) is 0.583. The van der Waals surface area contributed by atoms with Crippen molar-refractivity contribution in [2.75, 3.05) is 18.9 Å². The Morgan fingerprint density at radius 1 is 1.50 bits per heavy atom. The summed E-state index contributed by atoms with van der Waals surface area (Å²) >= 11 is 1.50. The zero-order chi connectivity index (χ0) is 13.2. The van der Waals surface area contributed by atoms with Gasteiger partial charge in [-0.1, -0.05) is 6.92 Å². The van der Waals surface area contributed by atoms with Crippen LogP contribution in [0.15, 0.2) is 23.6 Å². The first-order valence-electron chi connectivity index (χ1n) is 6.06. The molecule has 1 heterocycles. The smallest absolute Gasteiger partial charge is 0.323 e. The van der Waals surface area contributed by atoms with Crippen molar-refractivity contribution in [3.63, 3.8) is 0 Å². The standard InChI is InChI=1S/C12H19N3O2S/c1-3-5-14-10(12(16)17-4-2)9-18-11-8-13-6-7-15-11/h6-8,10,14H,3-5,9H2,1-2H3. The van der Waals surface area contributed by atoms with E-state index in [2.05, 4.69) is 22.2 Å². The molecule has 1 rings (SSSR count). The number of rotatable bonds is 8. The topological polar surface area (TPSA) is 64.1 Å². The molecule has 0 bridgehead atoms. The van der Waals surface area contributed by atoms with Gasteiger partial charge in [-0.05, 0) is 19.9 Å². The number of hydrogen-bond acceptors (Lipinski definition) is 6. The highest BCUT2D eigenvalue weighted by Crippen LogP contribution is 2.14. The third-order valence-electron chi connectivity index (χ3n) is 2.15. The zero-order valence-electron chi connectivity index (χ0n) is 10.8. The van der Waals surface area contributed by atoms with Crippen LogP contribution in [0.5, 0.6) is 0 Å². The minimum absolute atomic E-state index is 0.206. The Bertz CT molecular complexity index is 348. The van der Waals surface area contributed by atoms with E-state index in [1.165, 1.54) is 11.8 Å². The number of esters is 1. The summed E-state index contributed by atoms with van der Waals surface area (Å²) in [6.45, 7) is 5.07. The lowest BCUT2D eigenvalue weighted by molar-refractivity contribution is -0.144. The van der Waals surface area contributed by atoms with Crippen molar-refractivity contribution in [1.82, 2.24) is 15.3 Å². The predicted molar refractivity (Wildman–Crippen MR) is 71.5 cm³/mol. The van der Waals surface area contributed by atoms with Crippen LogP contribution in [0.4, 0.5) is 0 Å². The highest BCUT2D eigenvalue weighted by atomic mass is 32.2. The SMILES string of the molecule is CCCNC(CSc1cnccn1)C(=O)OCC. The van der Waals surface area contributed by atoms with Gasteiger partial charge in [-0.25, -0.2) is 4.98 Å². The van der Waals surface area contributed by atoms with Gasteiger partial charge in [0, 0.05) is 18.1 Å². The molecule has 0 aliphatic heterocycles. The monoisotopic (exact) mass is 269 g/mol. The summed E-state index contributed by atoms with van der Waals surface area (Å²) in [5.41, 5.74) is 0. The molecule has 5 nitrogen and oxygen atoms in total. The van der Waals surface area contributed by atoms with Gasteiger partial charge >= 0.3 is 5.97 Å². The molecule has 0 spiro atoms. The molecule has 0 saturated carbocycles. The Morgan fingerprint density at radius 3 is 2.94 bits per heavy atom. The Hall–Kier alpha value is -1.14. The van der Waals surface area contributed by atoms with Gasteiger partial charge in [0.2, 0.25) is 0 Å². The lowest BCUT2D eigenvalue weighted by Crippen LogP contribution is -2.40. The lowest BCUT2D eigenvalue weighted by atomic mass is 10.3. The maximum atomic E-state index is 11.7. The Morgan fingerprint density at radius 2 is 2.33 bits per heavy atom. The first-order valence-corrected chi connectivity index (χ1v) is 7.05. The fourth-order valence-electron chi connectivity index (χ4n) is 1.30. The van der Waals surface area contributed by atoms with Gasteiger partial charge in [0.25, 0.3) is 0 Å². The van der Waals surface area contributed by atoms with Crippen LogP contribution < -0.4 is 5.32 Å². The maximum Gasteiger partial charge on any atom is 0.323 e. The molecule has 100 valence electrons. The van der Waals surface area contributed by atoms with Crippen molar-refractivity contribution in [1.29, 1.82) is 0 Å². The van der Waals surface area contributed by atoms with E-state index in [1.54, 1.807) is 18.6 Å². The number of nitrogens with one attached hydrogen (secondary N) is 1. The maximum absolute atomic E-state index is 11.7. The highest BCUT2D eigenvalue weighted by Gasteiger charge is 2.19. The number of hydrogen-bond donors (Lipinski definition) is 1. The third-order valence-corrected chi connectivity index (χ3v) is 3.16. The number of thioether (sulfide) groups is 1. The molecule has 0 radical (unpaired) electrons. The minimum atomic E-state index is -0.295. The molecular formula is C12H19N3O2S. The molecule has 1 aromatic rings. The summed E-state index contributed by atoms with van der Waals surface area (Å²) < 4.78 is 5.04. The quantitative estimate of drug-likeness (QED) is 0.570. The molecule has 1 aromatic heterocycles. The van der Waals surface area contributed by atoms with E-state index in [9.17, 15) is 4.79 Å². The normalized spacial score (nSPS) is 12.1. The van der Waals surface area contributed by atoms with Crippen molar-refractivity contribution in [2.45, 2.75) is 31.3 Å². The summed E-state index contributed by atoms with van der Waals surface area (Å²) in [7, 11) is 0. The van der Waals surface area contributed by atoms with Crippen LogP contribution in [0, 0.1) is 0 Å². The summed E-state index contributed by atoms with van der Waals surface area (Å²) in [6.07, 6.45) is 5.93. The predicted octanol–water partition coefficient (Wildman–Crippen LogP) is 1.50. The van der Waals surface area contributed by atoms with Gasteiger partial charge in [-0.3, -0.25) is 9.78 Å². The largest absolute Gasteiger partial charge is 0.465 e. The summed E-state index contributed by atoms with van der Waals surface area (Å²) in [4.78, 5) is 19.9. The molecule has 1 atom stereocenters. The minimum Gasteiger partial charge on any atom is -0.465 e. The summed E-state index contributed by atoms with van der Waals surface area (Å²) in [6, 6.07) is -0.295. The summed E-state index contributed by atoms with van der Waals surface area (Å²) in [5.74, 6) is 0.389. The van der Waals surface area contributed by atoms with Gasteiger partial charge in [0.1, 0.15) is 11.1 Å². The average molecular weight is 269 g/mol. The van der Waals surface area contributed by atoms with Gasteiger partial charge in [-0.2, -0.15) is 0 Å². The van der Waals surface area contributed by atoms with Crippen LogP contribution in [-0.2, 0) is 9.53 Å². The molecule has 1 N–H and O–H groups in total. The van der Waals surface area contributed by atoms with E-state index < -0.39 is 0 Å². The third kappa shape index (κ3) is 5.46. The molecule has 0 aromatic carbocycles. The first-order chi connectivity index (χ1) is 8.77. The van der Waals surface area contributed by atoms with Crippen molar-refractivity contribution < 1.29 is 9.53 Å².